The summed E-state index contributed by atoms with van der Waals surface area (Å²) in [4.78, 5) is 8.77. The standard InChI is InChI=1S/C18H15F3N4S/c1-17(2,3)13-8-14(18(19,20)21)25-15(24-13)10(9-22)16-23-11-6-4-5-7-12(11)26-16/h4-8,23H,1-3H3. The Hall–Kier alpha value is -2.53. The van der Waals surface area contributed by atoms with Gasteiger partial charge in [0.25, 0.3) is 0 Å². The van der Waals surface area contributed by atoms with Crippen molar-refractivity contribution in [3.63, 3.8) is 0 Å². The molecule has 0 unspecified atom stereocenters. The lowest BCUT2D eigenvalue weighted by atomic mass is 9.91. The second kappa shape index (κ2) is 6.32. The molecule has 4 nitrogen and oxygen atoms in total. The Balaban J connectivity index is 2.16. The van der Waals surface area contributed by atoms with Crippen LogP contribution in [0.5, 0.6) is 0 Å². The Bertz CT molecular complexity index is 877. The van der Waals surface area contributed by atoms with Gasteiger partial charge in [-0.1, -0.05) is 44.7 Å². The fourth-order valence-corrected chi connectivity index (χ4v) is 3.32. The highest BCUT2D eigenvalue weighted by molar-refractivity contribution is 8.04. The molecule has 0 fully saturated rings. The van der Waals surface area contributed by atoms with Gasteiger partial charge >= 0.3 is 6.18 Å². The summed E-state index contributed by atoms with van der Waals surface area (Å²) < 4.78 is 39.9. The minimum absolute atomic E-state index is 0.0113. The molecule has 3 rings (SSSR count). The van der Waals surface area contributed by atoms with Crippen LogP contribution >= 0.6 is 11.8 Å². The number of para-hydroxylation sites is 1. The number of rotatable bonds is 1. The molecule has 134 valence electrons. The molecule has 0 amide bonds. The van der Waals surface area contributed by atoms with E-state index in [0.29, 0.717) is 5.03 Å². The number of nitriles is 1. The smallest absolute Gasteiger partial charge is 0.348 e. The van der Waals surface area contributed by atoms with Crippen molar-refractivity contribution in [1.82, 2.24) is 9.97 Å². The van der Waals surface area contributed by atoms with Gasteiger partial charge in [0.1, 0.15) is 17.3 Å². The number of hydrogen-bond donors (Lipinski definition) is 1. The Kier molecular flexibility index (Phi) is 4.44. The number of nitrogens with zero attached hydrogens (tertiary/aromatic N) is 3. The van der Waals surface area contributed by atoms with Crippen molar-refractivity contribution in [1.29, 1.82) is 5.26 Å². The quantitative estimate of drug-likeness (QED) is 0.693. The van der Waals surface area contributed by atoms with Gasteiger partial charge in [-0.2, -0.15) is 18.4 Å². The number of benzene rings is 1. The van der Waals surface area contributed by atoms with Gasteiger partial charge in [-0.05, 0) is 18.2 Å². The van der Waals surface area contributed by atoms with E-state index in [0.717, 1.165) is 16.6 Å². The summed E-state index contributed by atoms with van der Waals surface area (Å²) >= 11 is 1.28. The van der Waals surface area contributed by atoms with E-state index in [2.05, 4.69) is 15.3 Å². The molecule has 1 aliphatic heterocycles. The summed E-state index contributed by atoms with van der Waals surface area (Å²) in [6, 6.07) is 10.3. The van der Waals surface area contributed by atoms with Crippen LogP contribution in [0.1, 0.15) is 38.0 Å². The van der Waals surface area contributed by atoms with Crippen molar-refractivity contribution in [2.24, 2.45) is 0 Å². The number of thioether (sulfide) groups is 1. The van der Waals surface area contributed by atoms with Crippen LogP contribution in [0.25, 0.3) is 5.57 Å². The number of nitrogens with one attached hydrogen (secondary N) is 1. The topological polar surface area (TPSA) is 61.6 Å². The third kappa shape index (κ3) is 3.53. The molecule has 0 radical (unpaired) electrons. The molecule has 1 aromatic heterocycles. The second-order valence-electron chi connectivity index (χ2n) is 6.75. The van der Waals surface area contributed by atoms with Gasteiger partial charge in [0.2, 0.25) is 0 Å². The maximum absolute atomic E-state index is 13.3. The first-order valence-electron chi connectivity index (χ1n) is 7.75. The molecule has 2 heterocycles. The zero-order valence-corrected chi connectivity index (χ0v) is 15.1. The molecule has 0 atom stereocenters. The van der Waals surface area contributed by atoms with Crippen LogP contribution in [0.15, 0.2) is 40.3 Å². The predicted octanol–water partition coefficient (Wildman–Crippen LogP) is 5.20. The average molecular weight is 376 g/mol. The lowest BCUT2D eigenvalue weighted by molar-refractivity contribution is -0.141. The first-order chi connectivity index (χ1) is 12.1. The molecule has 0 saturated heterocycles. The Morgan fingerprint density at radius 1 is 1.12 bits per heavy atom. The SMILES string of the molecule is CC(C)(C)c1cc(C(F)(F)F)nc(C(C#N)=C2Nc3ccccc3S2)n1. The van der Waals surface area contributed by atoms with Crippen molar-refractivity contribution < 1.29 is 13.2 Å². The average Bonchev–Trinajstić information content (AvgIpc) is 2.97. The van der Waals surface area contributed by atoms with Crippen LogP contribution in [0.2, 0.25) is 0 Å². The summed E-state index contributed by atoms with van der Waals surface area (Å²) in [6.45, 7) is 5.28. The normalized spacial score (nSPS) is 15.9. The zero-order valence-electron chi connectivity index (χ0n) is 14.3. The summed E-state index contributed by atoms with van der Waals surface area (Å²) in [6.07, 6.45) is -4.62. The van der Waals surface area contributed by atoms with Gasteiger partial charge in [-0.25, -0.2) is 9.97 Å². The van der Waals surface area contributed by atoms with Crippen LogP contribution in [-0.4, -0.2) is 9.97 Å². The summed E-state index contributed by atoms with van der Waals surface area (Å²) in [5, 5.41) is 13.1. The molecule has 0 bridgehead atoms. The first-order valence-corrected chi connectivity index (χ1v) is 8.56. The molecular weight excluding hydrogens is 361 g/mol. The van der Waals surface area contributed by atoms with Crippen LogP contribution in [0, 0.1) is 11.3 Å². The number of fused-ring (bicyclic) bond motifs is 1. The highest BCUT2D eigenvalue weighted by Crippen LogP contribution is 2.43. The zero-order chi connectivity index (χ0) is 19.1. The van der Waals surface area contributed by atoms with Gasteiger partial charge in [0.15, 0.2) is 5.82 Å². The fraction of sp³-hybridized carbons (Fsp3) is 0.278. The van der Waals surface area contributed by atoms with Gasteiger partial charge in [-0.3, -0.25) is 0 Å². The van der Waals surface area contributed by atoms with E-state index in [4.69, 9.17) is 0 Å². The lowest BCUT2D eigenvalue weighted by Gasteiger charge is -2.20. The van der Waals surface area contributed by atoms with Crippen LogP contribution < -0.4 is 5.32 Å². The molecule has 0 aliphatic carbocycles. The largest absolute Gasteiger partial charge is 0.433 e. The predicted molar refractivity (Wildman–Crippen MR) is 94.2 cm³/mol. The third-order valence-corrected chi connectivity index (χ3v) is 4.78. The summed E-state index contributed by atoms with van der Waals surface area (Å²) in [5.74, 6) is -0.227. The van der Waals surface area contributed by atoms with E-state index < -0.39 is 17.3 Å². The monoisotopic (exact) mass is 376 g/mol. The molecule has 1 aromatic carbocycles. The van der Waals surface area contributed by atoms with Crippen molar-refractivity contribution in [3.05, 3.63) is 52.6 Å². The van der Waals surface area contributed by atoms with Crippen molar-refractivity contribution in [3.8, 4) is 6.07 Å². The number of allylic oxidation sites excluding steroid dienone is 1. The Morgan fingerprint density at radius 2 is 1.77 bits per heavy atom. The number of anilines is 1. The van der Waals surface area contributed by atoms with Crippen molar-refractivity contribution in [2.75, 3.05) is 5.32 Å². The van der Waals surface area contributed by atoms with Crippen LogP contribution in [0.3, 0.4) is 0 Å². The highest BCUT2D eigenvalue weighted by Gasteiger charge is 2.35. The first kappa shape index (κ1) is 18.3. The van der Waals surface area contributed by atoms with Crippen LogP contribution in [-0.2, 0) is 11.6 Å². The fourth-order valence-electron chi connectivity index (χ4n) is 2.32. The maximum Gasteiger partial charge on any atom is 0.433 e. The second-order valence-corrected chi connectivity index (χ2v) is 7.80. The van der Waals surface area contributed by atoms with Gasteiger partial charge in [0.05, 0.1) is 16.4 Å². The van der Waals surface area contributed by atoms with E-state index in [-0.39, 0.29) is 17.1 Å². The van der Waals surface area contributed by atoms with E-state index in [9.17, 15) is 18.4 Å². The van der Waals surface area contributed by atoms with Crippen molar-refractivity contribution in [2.45, 2.75) is 37.3 Å². The number of halogens is 3. The van der Waals surface area contributed by atoms with Gasteiger partial charge in [-0.15, -0.1) is 0 Å². The highest BCUT2D eigenvalue weighted by atomic mass is 32.2. The van der Waals surface area contributed by atoms with Crippen molar-refractivity contribution >= 4 is 23.0 Å². The molecule has 8 heteroatoms. The Morgan fingerprint density at radius 3 is 2.35 bits per heavy atom. The third-order valence-electron chi connectivity index (χ3n) is 3.69. The molecule has 0 saturated carbocycles. The number of aromatic nitrogens is 2. The minimum atomic E-state index is -4.62. The maximum atomic E-state index is 13.3. The van der Waals surface area contributed by atoms with Gasteiger partial charge in [0, 0.05) is 10.3 Å². The van der Waals surface area contributed by atoms with E-state index >= 15 is 0 Å². The summed E-state index contributed by atoms with van der Waals surface area (Å²) in [5.41, 5.74) is -0.668. The van der Waals surface area contributed by atoms with E-state index in [1.165, 1.54) is 11.8 Å². The summed E-state index contributed by atoms with van der Waals surface area (Å²) in [7, 11) is 0. The van der Waals surface area contributed by atoms with E-state index in [1.807, 2.05) is 30.3 Å². The molecule has 1 N–H and O–H groups in total. The molecule has 2 aromatic rings. The molecule has 26 heavy (non-hydrogen) atoms. The molecule has 0 spiro atoms. The number of alkyl halides is 3. The lowest BCUT2D eigenvalue weighted by Crippen LogP contribution is -2.19. The van der Waals surface area contributed by atoms with E-state index in [1.54, 1.807) is 20.8 Å². The van der Waals surface area contributed by atoms with Gasteiger partial charge < -0.3 is 5.32 Å². The minimum Gasteiger partial charge on any atom is -0.348 e. The molecule has 1 aliphatic rings. The van der Waals surface area contributed by atoms with Crippen LogP contribution in [0.4, 0.5) is 18.9 Å². The Labute approximate surface area is 153 Å². The molecular formula is C18H15F3N4S. The number of hydrogen-bond acceptors (Lipinski definition) is 5.